The van der Waals surface area contributed by atoms with E-state index in [1.54, 1.807) is 29.2 Å². The van der Waals surface area contributed by atoms with Crippen LogP contribution in [-0.2, 0) is 4.79 Å². The van der Waals surface area contributed by atoms with Gasteiger partial charge in [-0.1, -0.05) is 12.1 Å². The minimum absolute atomic E-state index is 0.239. The van der Waals surface area contributed by atoms with Crippen LogP contribution in [0.4, 0.5) is 10.5 Å². The second kappa shape index (κ2) is 7.25. The summed E-state index contributed by atoms with van der Waals surface area (Å²) in [6.45, 7) is 4.52. The molecule has 2 amide bonds. The van der Waals surface area contributed by atoms with Gasteiger partial charge in [-0.05, 0) is 26.0 Å². The number of hydrogen-bond acceptors (Lipinski definition) is 3. The molecule has 0 saturated carbocycles. The zero-order valence-corrected chi connectivity index (χ0v) is 11.0. The number of carboxylic acid groups (broad SMARTS) is 1. The molecule has 0 unspecified atom stereocenters. The van der Waals surface area contributed by atoms with Gasteiger partial charge in [0.1, 0.15) is 5.75 Å². The minimum Gasteiger partial charge on any atom is -0.480 e. The summed E-state index contributed by atoms with van der Waals surface area (Å²) in [7, 11) is 0. The third kappa shape index (κ3) is 4.50. The van der Waals surface area contributed by atoms with Gasteiger partial charge in [0.25, 0.3) is 0 Å². The SMILES string of the molecule is CCN(CC)C(=O)Nc1ccccc1OCC(=O)O. The van der Waals surface area contributed by atoms with Crippen LogP contribution < -0.4 is 10.1 Å². The van der Waals surface area contributed by atoms with Crippen molar-refractivity contribution in [3.05, 3.63) is 24.3 Å². The van der Waals surface area contributed by atoms with Crippen molar-refractivity contribution in [1.29, 1.82) is 0 Å². The van der Waals surface area contributed by atoms with Crippen molar-refractivity contribution in [3.63, 3.8) is 0 Å². The number of nitrogens with one attached hydrogen (secondary N) is 1. The van der Waals surface area contributed by atoms with E-state index in [0.717, 1.165) is 0 Å². The molecule has 1 aromatic rings. The van der Waals surface area contributed by atoms with Crippen LogP contribution in [0.15, 0.2) is 24.3 Å². The van der Waals surface area contributed by atoms with Crippen LogP contribution in [0.2, 0.25) is 0 Å². The van der Waals surface area contributed by atoms with Crippen LogP contribution in [0, 0.1) is 0 Å². The van der Waals surface area contributed by atoms with Gasteiger partial charge in [-0.25, -0.2) is 9.59 Å². The van der Waals surface area contributed by atoms with Gasteiger partial charge in [-0.2, -0.15) is 0 Å². The lowest BCUT2D eigenvalue weighted by molar-refractivity contribution is -0.139. The van der Waals surface area contributed by atoms with Gasteiger partial charge >= 0.3 is 12.0 Å². The van der Waals surface area contributed by atoms with Gasteiger partial charge in [-0.3, -0.25) is 0 Å². The van der Waals surface area contributed by atoms with Crippen molar-refractivity contribution in [3.8, 4) is 5.75 Å². The summed E-state index contributed by atoms with van der Waals surface area (Å²) >= 11 is 0. The van der Waals surface area contributed by atoms with E-state index in [2.05, 4.69) is 5.32 Å². The van der Waals surface area contributed by atoms with Crippen molar-refractivity contribution in [1.82, 2.24) is 4.90 Å². The number of anilines is 1. The smallest absolute Gasteiger partial charge is 0.341 e. The summed E-state index contributed by atoms with van der Waals surface area (Å²) in [5.41, 5.74) is 0.459. The maximum atomic E-state index is 11.9. The Labute approximate surface area is 112 Å². The van der Waals surface area contributed by atoms with Crippen molar-refractivity contribution in [2.45, 2.75) is 13.8 Å². The quantitative estimate of drug-likeness (QED) is 0.825. The second-order valence-electron chi connectivity index (χ2n) is 3.78. The van der Waals surface area contributed by atoms with Crippen LogP contribution in [0.25, 0.3) is 0 Å². The molecule has 0 fully saturated rings. The van der Waals surface area contributed by atoms with Crippen LogP contribution in [-0.4, -0.2) is 41.7 Å². The van der Waals surface area contributed by atoms with E-state index in [0.29, 0.717) is 24.5 Å². The lowest BCUT2D eigenvalue weighted by Gasteiger charge is -2.20. The Balaban J connectivity index is 2.77. The summed E-state index contributed by atoms with van der Waals surface area (Å²) in [6, 6.07) is 6.49. The zero-order chi connectivity index (χ0) is 14.3. The topological polar surface area (TPSA) is 78.9 Å². The van der Waals surface area contributed by atoms with Crippen molar-refractivity contribution in [2.75, 3.05) is 25.0 Å². The Morgan fingerprint density at radius 1 is 1.26 bits per heavy atom. The second-order valence-corrected chi connectivity index (χ2v) is 3.78. The summed E-state index contributed by atoms with van der Waals surface area (Å²) in [5.74, 6) is -0.727. The predicted octanol–water partition coefficient (Wildman–Crippen LogP) is 2.02. The molecule has 19 heavy (non-hydrogen) atoms. The lowest BCUT2D eigenvalue weighted by atomic mass is 10.3. The van der Waals surface area contributed by atoms with Gasteiger partial charge < -0.3 is 20.1 Å². The predicted molar refractivity (Wildman–Crippen MR) is 71.5 cm³/mol. The van der Waals surface area contributed by atoms with Crippen molar-refractivity contribution >= 4 is 17.7 Å². The fourth-order valence-electron chi connectivity index (χ4n) is 1.54. The fourth-order valence-corrected chi connectivity index (χ4v) is 1.54. The summed E-state index contributed by atoms with van der Waals surface area (Å²) in [6.07, 6.45) is 0. The highest BCUT2D eigenvalue weighted by atomic mass is 16.5. The van der Waals surface area contributed by atoms with Gasteiger partial charge in [0.05, 0.1) is 5.69 Å². The van der Waals surface area contributed by atoms with Crippen molar-refractivity contribution < 1.29 is 19.4 Å². The van der Waals surface area contributed by atoms with Crippen LogP contribution in [0.1, 0.15) is 13.8 Å². The van der Waals surface area contributed by atoms with E-state index < -0.39 is 12.6 Å². The number of hydrogen-bond donors (Lipinski definition) is 2. The minimum atomic E-state index is -1.06. The van der Waals surface area contributed by atoms with Gasteiger partial charge in [0.15, 0.2) is 6.61 Å². The van der Waals surface area contributed by atoms with Gasteiger partial charge in [-0.15, -0.1) is 0 Å². The molecule has 1 rings (SSSR count). The summed E-state index contributed by atoms with van der Waals surface area (Å²) < 4.78 is 5.11. The van der Waals surface area contributed by atoms with Gasteiger partial charge in [0, 0.05) is 13.1 Å². The molecule has 0 spiro atoms. The first-order chi connectivity index (χ1) is 9.08. The third-order valence-corrected chi connectivity index (χ3v) is 2.53. The van der Waals surface area contributed by atoms with Crippen LogP contribution in [0.3, 0.4) is 0 Å². The number of carbonyl (C=O) groups is 2. The van der Waals surface area contributed by atoms with Crippen LogP contribution in [0.5, 0.6) is 5.75 Å². The first-order valence-electron chi connectivity index (χ1n) is 6.08. The normalized spacial score (nSPS) is 9.79. The lowest BCUT2D eigenvalue weighted by Crippen LogP contribution is -2.34. The molecule has 0 aromatic heterocycles. The number of urea groups is 1. The molecule has 0 atom stereocenters. The number of benzene rings is 1. The molecule has 6 nitrogen and oxygen atoms in total. The Morgan fingerprint density at radius 3 is 2.47 bits per heavy atom. The van der Waals surface area contributed by atoms with Crippen LogP contribution >= 0.6 is 0 Å². The molecule has 0 radical (unpaired) electrons. The molecule has 0 aliphatic carbocycles. The highest BCUT2D eigenvalue weighted by Crippen LogP contribution is 2.23. The maximum Gasteiger partial charge on any atom is 0.341 e. The number of para-hydroxylation sites is 2. The van der Waals surface area contributed by atoms with Crippen molar-refractivity contribution in [2.24, 2.45) is 0 Å². The van der Waals surface area contributed by atoms with E-state index in [9.17, 15) is 9.59 Å². The molecule has 6 heteroatoms. The first kappa shape index (κ1) is 14.8. The van der Waals surface area contributed by atoms with E-state index >= 15 is 0 Å². The first-order valence-corrected chi connectivity index (χ1v) is 6.08. The average molecular weight is 266 g/mol. The number of ether oxygens (including phenoxy) is 1. The third-order valence-electron chi connectivity index (χ3n) is 2.53. The highest BCUT2D eigenvalue weighted by Gasteiger charge is 2.12. The standard InChI is InChI=1S/C13H18N2O4/c1-3-15(4-2)13(18)14-10-7-5-6-8-11(10)19-9-12(16)17/h5-8H,3-4,9H2,1-2H3,(H,14,18)(H,16,17). The van der Waals surface area contributed by atoms with E-state index in [4.69, 9.17) is 9.84 Å². The van der Waals surface area contributed by atoms with E-state index in [1.807, 2.05) is 13.8 Å². The number of aliphatic carboxylic acids is 1. The molecule has 0 bridgehead atoms. The number of carbonyl (C=O) groups excluding carboxylic acids is 1. The Hall–Kier alpha value is -2.24. The average Bonchev–Trinajstić information content (AvgIpc) is 2.39. The van der Waals surface area contributed by atoms with E-state index in [-0.39, 0.29) is 6.03 Å². The number of rotatable bonds is 6. The number of carboxylic acids is 1. The molecule has 0 aliphatic heterocycles. The molecule has 104 valence electrons. The molecule has 1 aromatic carbocycles. The zero-order valence-electron chi connectivity index (χ0n) is 11.0. The van der Waals surface area contributed by atoms with E-state index in [1.165, 1.54) is 0 Å². The highest BCUT2D eigenvalue weighted by molar-refractivity contribution is 5.91. The summed E-state index contributed by atoms with van der Waals surface area (Å²) in [4.78, 5) is 24.0. The molecule has 0 aliphatic rings. The Bertz CT molecular complexity index is 444. The number of nitrogens with zero attached hydrogens (tertiary/aromatic N) is 1. The van der Waals surface area contributed by atoms with Gasteiger partial charge in [0.2, 0.25) is 0 Å². The largest absolute Gasteiger partial charge is 0.480 e. The Kier molecular flexibility index (Phi) is 5.66. The molecular weight excluding hydrogens is 248 g/mol. The Morgan fingerprint density at radius 2 is 1.89 bits per heavy atom. The molecule has 2 N–H and O–H groups in total. The molecule has 0 heterocycles. The maximum absolute atomic E-state index is 11.9. The monoisotopic (exact) mass is 266 g/mol. The molecule has 0 saturated heterocycles. The number of amides is 2. The summed E-state index contributed by atoms with van der Waals surface area (Å²) in [5, 5.41) is 11.3. The fraction of sp³-hybridized carbons (Fsp3) is 0.385. The molecular formula is C13H18N2O4.